The van der Waals surface area contributed by atoms with E-state index in [0.29, 0.717) is 23.0 Å². The van der Waals surface area contributed by atoms with Gasteiger partial charge in [0.15, 0.2) is 0 Å². The molecule has 150 valence electrons. The van der Waals surface area contributed by atoms with Gasteiger partial charge in [-0.1, -0.05) is 48.5 Å². The molecule has 0 amide bonds. The van der Waals surface area contributed by atoms with E-state index in [1.807, 2.05) is 6.07 Å². The zero-order valence-corrected chi connectivity index (χ0v) is 15.7. The molecule has 5 nitrogen and oxygen atoms in total. The average Bonchev–Trinajstić information content (AvgIpc) is 2.91. The summed E-state index contributed by atoms with van der Waals surface area (Å²) in [6, 6.07) is 16.9. The molecule has 1 aromatic heterocycles. The maximum Gasteiger partial charge on any atom is 0.454 e. The Morgan fingerprint density at radius 2 is 1.55 bits per heavy atom. The summed E-state index contributed by atoms with van der Waals surface area (Å²) in [7, 11) is 1.67. The lowest BCUT2D eigenvalue weighted by Gasteiger charge is -2.11. The number of carbonyl (C=O) groups is 1. The molecule has 29 heavy (non-hydrogen) atoms. The third-order valence-corrected chi connectivity index (χ3v) is 4.45. The van der Waals surface area contributed by atoms with Gasteiger partial charge in [-0.2, -0.15) is 13.2 Å². The van der Waals surface area contributed by atoms with E-state index in [1.165, 1.54) is 4.68 Å². The van der Waals surface area contributed by atoms with Crippen LogP contribution in [-0.4, -0.2) is 21.3 Å². The molecule has 0 aliphatic carbocycles. The van der Waals surface area contributed by atoms with E-state index in [2.05, 4.69) is 5.32 Å². The molecule has 0 spiro atoms. The van der Waals surface area contributed by atoms with Crippen LogP contribution < -0.4 is 10.9 Å². The van der Waals surface area contributed by atoms with Crippen molar-refractivity contribution in [2.24, 2.45) is 7.05 Å². The van der Waals surface area contributed by atoms with E-state index in [9.17, 15) is 22.8 Å². The van der Waals surface area contributed by atoms with Crippen molar-refractivity contribution >= 4 is 17.2 Å². The van der Waals surface area contributed by atoms with Crippen molar-refractivity contribution in [1.29, 1.82) is 0 Å². The topological polar surface area (TPSA) is 56.0 Å². The van der Waals surface area contributed by atoms with Gasteiger partial charge in [0.1, 0.15) is 5.69 Å². The Hall–Kier alpha value is -3.55. The van der Waals surface area contributed by atoms with Gasteiger partial charge in [-0.05, 0) is 24.6 Å². The fourth-order valence-corrected chi connectivity index (χ4v) is 2.87. The molecule has 0 atom stereocenters. The maximum atomic E-state index is 13.0. The molecule has 0 saturated carbocycles. The molecule has 1 N–H and O–H groups in total. The smallest absolute Gasteiger partial charge is 0.349 e. The standard InChI is InChI=1S/C21H18F3N3O2/c1-14-19(20(29)27(26(14)2)16-11-7-4-8-12-16)25-17(13-18(28)21(22,23)24)15-9-5-3-6-10-15/h3-13,25H,1-2H3/b17-13-. The van der Waals surface area contributed by atoms with Crippen LogP contribution in [0.2, 0.25) is 0 Å². The molecular weight excluding hydrogens is 383 g/mol. The zero-order chi connectivity index (χ0) is 21.2. The normalized spacial score (nSPS) is 12.1. The minimum absolute atomic E-state index is 0.0847. The molecule has 0 fully saturated rings. The van der Waals surface area contributed by atoms with Gasteiger partial charge in [-0.3, -0.25) is 14.3 Å². The number of ketones is 1. The van der Waals surface area contributed by atoms with E-state index in [1.54, 1.807) is 73.3 Å². The highest BCUT2D eigenvalue weighted by Gasteiger charge is 2.37. The minimum atomic E-state index is -5.02. The van der Waals surface area contributed by atoms with E-state index in [4.69, 9.17) is 0 Å². The van der Waals surface area contributed by atoms with E-state index < -0.39 is 17.5 Å². The van der Waals surface area contributed by atoms with Gasteiger partial charge < -0.3 is 5.32 Å². The highest BCUT2D eigenvalue weighted by Crippen LogP contribution is 2.24. The fraction of sp³-hybridized carbons (Fsp3) is 0.143. The third kappa shape index (κ3) is 4.16. The second kappa shape index (κ2) is 7.83. The molecule has 0 aliphatic rings. The molecule has 0 bridgehead atoms. The van der Waals surface area contributed by atoms with Crippen molar-refractivity contribution in [1.82, 2.24) is 9.36 Å². The Balaban J connectivity index is 2.11. The molecule has 0 aliphatic heterocycles. The van der Waals surface area contributed by atoms with Crippen molar-refractivity contribution in [2.75, 3.05) is 5.32 Å². The van der Waals surface area contributed by atoms with Crippen molar-refractivity contribution in [3.05, 3.63) is 88.4 Å². The Morgan fingerprint density at radius 3 is 2.10 bits per heavy atom. The fourth-order valence-electron chi connectivity index (χ4n) is 2.87. The number of hydrogen-bond acceptors (Lipinski definition) is 3. The average molecular weight is 401 g/mol. The van der Waals surface area contributed by atoms with Gasteiger partial charge in [-0.25, -0.2) is 4.68 Å². The van der Waals surface area contributed by atoms with Crippen LogP contribution in [0.15, 0.2) is 71.5 Å². The molecule has 3 aromatic rings. The van der Waals surface area contributed by atoms with Gasteiger partial charge in [0.05, 0.1) is 11.4 Å². The monoisotopic (exact) mass is 401 g/mol. The van der Waals surface area contributed by atoms with Crippen LogP contribution in [0.3, 0.4) is 0 Å². The van der Waals surface area contributed by atoms with Crippen LogP contribution in [0.4, 0.5) is 18.9 Å². The lowest BCUT2D eigenvalue weighted by molar-refractivity contribution is -0.165. The largest absolute Gasteiger partial charge is 0.454 e. The number of halogens is 3. The third-order valence-electron chi connectivity index (χ3n) is 4.45. The number of alkyl halides is 3. The van der Waals surface area contributed by atoms with E-state index in [-0.39, 0.29) is 11.4 Å². The zero-order valence-electron chi connectivity index (χ0n) is 15.7. The van der Waals surface area contributed by atoms with Crippen LogP contribution in [0.1, 0.15) is 11.3 Å². The predicted molar refractivity (Wildman–Crippen MR) is 105 cm³/mol. The SMILES string of the molecule is Cc1c(N/C(=C\C(=O)C(F)(F)F)c2ccccc2)c(=O)n(-c2ccccc2)n1C. The Kier molecular flexibility index (Phi) is 5.45. The van der Waals surface area contributed by atoms with Gasteiger partial charge in [0, 0.05) is 18.8 Å². The predicted octanol–water partition coefficient (Wildman–Crippen LogP) is 4.07. The van der Waals surface area contributed by atoms with Gasteiger partial charge in [-0.15, -0.1) is 0 Å². The van der Waals surface area contributed by atoms with Crippen LogP contribution in [0.5, 0.6) is 0 Å². The van der Waals surface area contributed by atoms with Crippen molar-refractivity contribution in [2.45, 2.75) is 13.1 Å². The molecule has 0 unspecified atom stereocenters. The lowest BCUT2D eigenvalue weighted by Crippen LogP contribution is -2.22. The second-order valence-corrected chi connectivity index (χ2v) is 6.35. The van der Waals surface area contributed by atoms with Gasteiger partial charge in [0.25, 0.3) is 11.3 Å². The number of allylic oxidation sites excluding steroid dienone is 1. The summed E-state index contributed by atoms with van der Waals surface area (Å²) < 4.78 is 41.4. The Labute approximate surface area is 164 Å². The number of hydrogen-bond donors (Lipinski definition) is 1. The maximum absolute atomic E-state index is 13.0. The first-order chi connectivity index (χ1) is 13.7. The summed E-state index contributed by atoms with van der Waals surface area (Å²) in [5.41, 5.74) is 0.977. The number of anilines is 1. The first-order valence-electron chi connectivity index (χ1n) is 8.69. The highest BCUT2D eigenvalue weighted by atomic mass is 19.4. The highest BCUT2D eigenvalue weighted by molar-refractivity contribution is 6.02. The molecule has 1 heterocycles. The minimum Gasteiger partial charge on any atom is -0.349 e. The van der Waals surface area contributed by atoms with Gasteiger partial charge >= 0.3 is 6.18 Å². The summed E-state index contributed by atoms with van der Waals surface area (Å²) in [5.74, 6) is -2.01. The number of nitrogens with zero attached hydrogens (tertiary/aromatic N) is 2. The molecule has 3 rings (SSSR count). The molecule has 2 aromatic carbocycles. The number of para-hydroxylation sites is 1. The first kappa shape index (κ1) is 20.2. The van der Waals surface area contributed by atoms with Crippen LogP contribution in [-0.2, 0) is 11.8 Å². The van der Waals surface area contributed by atoms with Crippen LogP contribution >= 0.6 is 0 Å². The number of carbonyl (C=O) groups excluding carboxylic acids is 1. The van der Waals surface area contributed by atoms with Crippen LogP contribution in [0, 0.1) is 6.92 Å². The summed E-state index contributed by atoms with van der Waals surface area (Å²) in [4.78, 5) is 24.6. The quantitative estimate of drug-likeness (QED) is 0.656. The Morgan fingerprint density at radius 1 is 1.00 bits per heavy atom. The molecule has 8 heteroatoms. The van der Waals surface area contributed by atoms with Crippen LogP contribution in [0.25, 0.3) is 11.4 Å². The summed E-state index contributed by atoms with van der Waals surface area (Å²) >= 11 is 0. The van der Waals surface area contributed by atoms with E-state index >= 15 is 0 Å². The number of aromatic nitrogens is 2. The summed E-state index contributed by atoms with van der Waals surface area (Å²) in [6.07, 6.45) is -4.55. The molecular formula is C21H18F3N3O2. The molecule has 0 radical (unpaired) electrons. The number of nitrogens with one attached hydrogen (secondary N) is 1. The summed E-state index contributed by atoms with van der Waals surface area (Å²) in [5, 5.41) is 2.75. The van der Waals surface area contributed by atoms with Crippen molar-refractivity contribution in [3.63, 3.8) is 0 Å². The molecule has 0 saturated heterocycles. The first-order valence-corrected chi connectivity index (χ1v) is 8.69. The summed E-state index contributed by atoms with van der Waals surface area (Å²) in [6.45, 7) is 1.66. The van der Waals surface area contributed by atoms with Crippen molar-refractivity contribution in [3.8, 4) is 5.69 Å². The number of benzene rings is 2. The Bertz CT molecular complexity index is 1110. The van der Waals surface area contributed by atoms with Gasteiger partial charge in [0.2, 0.25) is 0 Å². The number of rotatable bonds is 5. The van der Waals surface area contributed by atoms with E-state index in [0.717, 1.165) is 0 Å². The second-order valence-electron chi connectivity index (χ2n) is 6.35. The van der Waals surface area contributed by atoms with Crippen molar-refractivity contribution < 1.29 is 18.0 Å². The lowest BCUT2D eigenvalue weighted by atomic mass is 10.1.